The molecule has 8 nitrogen and oxygen atoms in total. The fourth-order valence-electron chi connectivity index (χ4n) is 4.90. The lowest BCUT2D eigenvalue weighted by atomic mass is 9.80. The van der Waals surface area contributed by atoms with Crippen LogP contribution in [0.5, 0.6) is 0 Å². The second-order valence-electron chi connectivity index (χ2n) is 9.61. The summed E-state index contributed by atoms with van der Waals surface area (Å²) >= 11 is 0. The van der Waals surface area contributed by atoms with Crippen molar-refractivity contribution in [2.24, 2.45) is 11.3 Å². The fourth-order valence-corrected chi connectivity index (χ4v) is 4.90. The molecule has 1 aliphatic heterocycles. The Morgan fingerprint density at radius 1 is 1.03 bits per heavy atom. The van der Waals surface area contributed by atoms with Crippen LogP contribution in [0, 0.1) is 11.3 Å². The van der Waals surface area contributed by atoms with Gasteiger partial charge < -0.3 is 25.2 Å². The highest BCUT2D eigenvalue weighted by Crippen LogP contribution is 2.44. The lowest BCUT2D eigenvalue weighted by molar-refractivity contribution is -0.154. The Hall–Kier alpha value is -3.39. The van der Waals surface area contributed by atoms with Gasteiger partial charge in [0.2, 0.25) is 5.91 Å². The molecular weight excluding hydrogens is 448 g/mol. The number of nitrogens with one attached hydrogen (secondary N) is 2. The van der Waals surface area contributed by atoms with E-state index in [-0.39, 0.29) is 25.0 Å². The van der Waals surface area contributed by atoms with Crippen molar-refractivity contribution in [1.29, 1.82) is 0 Å². The van der Waals surface area contributed by atoms with E-state index in [0.717, 1.165) is 22.3 Å². The SMILES string of the molecule is CC(C)[C@H](NC(=O)OCC1c2ccccc2-c2ccccc21)C(=O)NCC1(C(=O)O)CCOCC1. The largest absolute Gasteiger partial charge is 0.481 e. The molecule has 1 fully saturated rings. The zero-order chi connectivity index (χ0) is 25.0. The molecule has 1 saturated heterocycles. The van der Waals surface area contributed by atoms with Crippen molar-refractivity contribution in [3.8, 4) is 11.1 Å². The number of rotatable bonds is 8. The molecule has 1 aliphatic carbocycles. The molecule has 0 aromatic heterocycles. The smallest absolute Gasteiger partial charge is 0.407 e. The Balaban J connectivity index is 1.37. The molecular formula is C27H32N2O6. The Kier molecular flexibility index (Phi) is 7.40. The summed E-state index contributed by atoms with van der Waals surface area (Å²) in [5, 5.41) is 15.1. The van der Waals surface area contributed by atoms with Gasteiger partial charge in [-0.05, 0) is 41.0 Å². The summed E-state index contributed by atoms with van der Waals surface area (Å²) in [6, 6.07) is 15.3. The summed E-state index contributed by atoms with van der Waals surface area (Å²) in [4.78, 5) is 37.5. The van der Waals surface area contributed by atoms with E-state index in [1.807, 2.05) is 50.2 Å². The molecule has 35 heavy (non-hydrogen) atoms. The third-order valence-corrected chi connectivity index (χ3v) is 7.07. The molecule has 0 saturated carbocycles. The minimum atomic E-state index is -1.06. The van der Waals surface area contributed by atoms with Gasteiger partial charge in [-0.3, -0.25) is 9.59 Å². The van der Waals surface area contributed by atoms with E-state index in [9.17, 15) is 19.5 Å². The Bertz CT molecular complexity index is 1050. The van der Waals surface area contributed by atoms with Crippen LogP contribution in [0.25, 0.3) is 11.1 Å². The summed E-state index contributed by atoms with van der Waals surface area (Å²) in [5.41, 5.74) is 3.43. The predicted molar refractivity (Wildman–Crippen MR) is 130 cm³/mol. The third kappa shape index (κ3) is 5.17. The van der Waals surface area contributed by atoms with Gasteiger partial charge in [0.05, 0.1) is 5.41 Å². The maximum atomic E-state index is 12.9. The van der Waals surface area contributed by atoms with Crippen molar-refractivity contribution in [3.05, 3.63) is 59.7 Å². The standard InChI is InChI=1S/C27H32N2O6/c1-17(2)23(24(30)28-16-27(25(31)32)11-13-34-14-12-27)29-26(33)35-15-22-20-9-5-3-7-18(20)19-8-4-6-10-21(19)22/h3-10,17,22-23H,11-16H2,1-2H3,(H,28,30)(H,29,33)(H,31,32)/t23-/m0/s1. The molecule has 8 heteroatoms. The van der Waals surface area contributed by atoms with E-state index in [1.165, 1.54) is 0 Å². The molecule has 1 heterocycles. The lowest BCUT2D eigenvalue weighted by Gasteiger charge is -2.33. The number of ether oxygens (including phenoxy) is 2. The van der Waals surface area contributed by atoms with Gasteiger partial charge in [0.15, 0.2) is 0 Å². The average molecular weight is 481 g/mol. The summed E-state index contributed by atoms with van der Waals surface area (Å²) in [6.07, 6.45) is -0.0245. The van der Waals surface area contributed by atoms with Gasteiger partial charge in [-0.15, -0.1) is 0 Å². The van der Waals surface area contributed by atoms with Gasteiger partial charge in [0.25, 0.3) is 0 Å². The molecule has 1 atom stereocenters. The van der Waals surface area contributed by atoms with Crippen LogP contribution >= 0.6 is 0 Å². The molecule has 3 N–H and O–H groups in total. The van der Waals surface area contributed by atoms with Crippen LogP contribution in [-0.4, -0.2) is 55.5 Å². The van der Waals surface area contributed by atoms with Gasteiger partial charge >= 0.3 is 12.1 Å². The van der Waals surface area contributed by atoms with Crippen molar-refractivity contribution in [3.63, 3.8) is 0 Å². The second kappa shape index (κ2) is 10.5. The normalized spacial score (nSPS) is 17.2. The van der Waals surface area contributed by atoms with Gasteiger partial charge in [0.1, 0.15) is 12.6 Å². The third-order valence-electron chi connectivity index (χ3n) is 7.07. The molecule has 2 aromatic carbocycles. The summed E-state index contributed by atoms with van der Waals surface area (Å²) in [7, 11) is 0. The topological polar surface area (TPSA) is 114 Å². The fraction of sp³-hybridized carbons (Fsp3) is 0.444. The Morgan fingerprint density at radius 2 is 1.60 bits per heavy atom. The number of carbonyl (C=O) groups excluding carboxylic acids is 2. The highest BCUT2D eigenvalue weighted by molar-refractivity contribution is 5.86. The van der Waals surface area contributed by atoms with E-state index in [4.69, 9.17) is 9.47 Å². The quantitative estimate of drug-likeness (QED) is 0.533. The van der Waals surface area contributed by atoms with Gasteiger partial charge in [-0.25, -0.2) is 4.79 Å². The van der Waals surface area contributed by atoms with E-state index in [1.54, 1.807) is 0 Å². The van der Waals surface area contributed by atoms with Crippen molar-refractivity contribution in [1.82, 2.24) is 10.6 Å². The molecule has 2 aliphatic rings. The Morgan fingerprint density at radius 3 is 2.14 bits per heavy atom. The number of carboxylic acids is 1. The number of aliphatic carboxylic acids is 1. The Labute approximate surface area is 205 Å². The van der Waals surface area contributed by atoms with Crippen molar-refractivity contribution in [2.75, 3.05) is 26.4 Å². The van der Waals surface area contributed by atoms with E-state index in [2.05, 4.69) is 22.8 Å². The van der Waals surface area contributed by atoms with Crippen LogP contribution in [0.4, 0.5) is 4.79 Å². The van der Waals surface area contributed by atoms with E-state index >= 15 is 0 Å². The maximum Gasteiger partial charge on any atom is 0.407 e. The zero-order valence-corrected chi connectivity index (χ0v) is 20.1. The molecule has 2 amide bonds. The monoisotopic (exact) mass is 480 g/mol. The van der Waals surface area contributed by atoms with Crippen molar-refractivity contribution in [2.45, 2.75) is 38.6 Å². The van der Waals surface area contributed by atoms with Crippen molar-refractivity contribution < 1.29 is 29.0 Å². The lowest BCUT2D eigenvalue weighted by Crippen LogP contribution is -2.53. The number of hydrogen-bond acceptors (Lipinski definition) is 5. The zero-order valence-electron chi connectivity index (χ0n) is 20.1. The minimum absolute atomic E-state index is 0.0138. The first-order valence-electron chi connectivity index (χ1n) is 12.0. The molecule has 0 bridgehead atoms. The van der Waals surface area contributed by atoms with Gasteiger partial charge in [-0.1, -0.05) is 62.4 Å². The number of hydrogen-bond donors (Lipinski definition) is 3. The number of carbonyl (C=O) groups is 3. The summed E-state index contributed by atoms with van der Waals surface area (Å²) in [6.45, 7) is 4.45. The molecule has 2 aromatic rings. The van der Waals surface area contributed by atoms with Gasteiger partial charge in [0, 0.05) is 25.7 Å². The number of alkyl carbamates (subject to hydrolysis) is 1. The highest BCUT2D eigenvalue weighted by Gasteiger charge is 2.41. The second-order valence-corrected chi connectivity index (χ2v) is 9.61. The van der Waals surface area contributed by atoms with E-state index in [0.29, 0.717) is 26.1 Å². The maximum absolute atomic E-state index is 12.9. The highest BCUT2D eigenvalue weighted by atomic mass is 16.5. The van der Waals surface area contributed by atoms with Crippen molar-refractivity contribution >= 4 is 18.0 Å². The number of fused-ring (bicyclic) bond motifs is 3. The summed E-state index contributed by atoms with van der Waals surface area (Å²) in [5.74, 6) is -1.68. The van der Waals surface area contributed by atoms with Crippen LogP contribution in [0.15, 0.2) is 48.5 Å². The van der Waals surface area contributed by atoms with E-state index < -0.39 is 29.4 Å². The molecule has 0 spiro atoms. The van der Waals surface area contributed by atoms with Crippen LogP contribution in [0.2, 0.25) is 0 Å². The minimum Gasteiger partial charge on any atom is -0.481 e. The first-order valence-corrected chi connectivity index (χ1v) is 12.0. The molecule has 186 valence electrons. The molecule has 4 rings (SSSR count). The first-order chi connectivity index (χ1) is 16.8. The summed E-state index contributed by atoms with van der Waals surface area (Å²) < 4.78 is 10.9. The molecule has 0 unspecified atom stereocenters. The van der Waals surface area contributed by atoms with Crippen LogP contribution in [0.1, 0.15) is 43.7 Å². The number of amides is 2. The average Bonchev–Trinajstić information content (AvgIpc) is 3.18. The van der Waals surface area contributed by atoms with Crippen LogP contribution in [-0.2, 0) is 19.1 Å². The van der Waals surface area contributed by atoms with Gasteiger partial charge in [-0.2, -0.15) is 0 Å². The van der Waals surface area contributed by atoms with Crippen LogP contribution in [0.3, 0.4) is 0 Å². The van der Waals surface area contributed by atoms with Crippen LogP contribution < -0.4 is 10.6 Å². The number of benzene rings is 2. The predicted octanol–water partition coefficient (Wildman–Crippen LogP) is 3.55. The number of carboxylic acid groups (broad SMARTS) is 1. The molecule has 0 radical (unpaired) electrons. The first kappa shape index (κ1) is 24.7.